The number of fused-ring (bicyclic) bond motifs is 1. The van der Waals surface area contributed by atoms with Gasteiger partial charge in [0.05, 0.1) is 0 Å². The van der Waals surface area contributed by atoms with Crippen molar-refractivity contribution in [3.05, 3.63) is 53.1 Å². The van der Waals surface area contributed by atoms with E-state index in [2.05, 4.69) is 38.9 Å². The second-order valence-electron chi connectivity index (χ2n) is 4.61. The molecule has 1 unspecified atom stereocenters. The van der Waals surface area contributed by atoms with E-state index in [1.807, 2.05) is 24.4 Å². The van der Waals surface area contributed by atoms with Gasteiger partial charge >= 0.3 is 0 Å². The fourth-order valence-corrected chi connectivity index (χ4v) is 2.82. The minimum atomic E-state index is -0.0490. The van der Waals surface area contributed by atoms with Gasteiger partial charge in [-0.15, -0.1) is 0 Å². The number of halogens is 1. The number of rotatable bonds is 3. The Morgan fingerprint density at radius 2 is 2.21 bits per heavy atom. The number of ether oxygens (including phenoxy) is 1. The summed E-state index contributed by atoms with van der Waals surface area (Å²) in [6.07, 6.45) is 3.62. The molecule has 1 aliphatic heterocycles. The highest BCUT2D eigenvalue weighted by atomic mass is 79.9. The minimum absolute atomic E-state index is 0.0490. The molecule has 1 aromatic heterocycles. The SMILES string of the molecule is CCc1nc(C2Cc3ccccc3O2)ncc1CBr. The number of para-hydroxylation sites is 1. The van der Waals surface area contributed by atoms with E-state index in [1.165, 1.54) is 5.56 Å². The topological polar surface area (TPSA) is 35.0 Å². The van der Waals surface area contributed by atoms with Crippen molar-refractivity contribution in [3.63, 3.8) is 0 Å². The van der Waals surface area contributed by atoms with Gasteiger partial charge in [0.15, 0.2) is 11.9 Å². The summed E-state index contributed by atoms with van der Waals surface area (Å²) in [7, 11) is 0. The molecule has 0 fully saturated rings. The second kappa shape index (κ2) is 5.29. The van der Waals surface area contributed by atoms with Crippen molar-refractivity contribution in [1.82, 2.24) is 9.97 Å². The van der Waals surface area contributed by atoms with Crippen LogP contribution in [0.25, 0.3) is 0 Å². The molecule has 3 nitrogen and oxygen atoms in total. The van der Waals surface area contributed by atoms with Crippen LogP contribution in [-0.2, 0) is 18.2 Å². The molecule has 1 atom stereocenters. The zero-order valence-corrected chi connectivity index (χ0v) is 12.4. The Hall–Kier alpha value is -1.42. The maximum Gasteiger partial charge on any atom is 0.169 e. The van der Waals surface area contributed by atoms with Crippen molar-refractivity contribution in [2.45, 2.75) is 31.2 Å². The standard InChI is InChI=1S/C15H15BrN2O/c1-2-12-11(8-16)9-17-15(18-12)14-7-10-5-3-4-6-13(10)19-14/h3-6,9,14H,2,7-8H2,1H3. The monoisotopic (exact) mass is 318 g/mol. The van der Waals surface area contributed by atoms with Crippen molar-refractivity contribution < 1.29 is 4.74 Å². The highest BCUT2D eigenvalue weighted by molar-refractivity contribution is 9.08. The van der Waals surface area contributed by atoms with Crippen molar-refractivity contribution in [2.75, 3.05) is 0 Å². The third kappa shape index (κ3) is 2.37. The van der Waals surface area contributed by atoms with Gasteiger partial charge < -0.3 is 4.74 Å². The molecule has 0 saturated carbocycles. The third-order valence-corrected chi connectivity index (χ3v) is 3.99. The smallest absolute Gasteiger partial charge is 0.169 e. The summed E-state index contributed by atoms with van der Waals surface area (Å²) in [6, 6.07) is 8.14. The summed E-state index contributed by atoms with van der Waals surface area (Å²) < 4.78 is 5.93. The molecule has 0 N–H and O–H groups in total. The van der Waals surface area contributed by atoms with E-state index in [9.17, 15) is 0 Å². The first-order valence-electron chi connectivity index (χ1n) is 6.47. The van der Waals surface area contributed by atoms with Crippen LogP contribution in [0.3, 0.4) is 0 Å². The van der Waals surface area contributed by atoms with Gasteiger partial charge in [-0.2, -0.15) is 0 Å². The Labute approximate surface area is 121 Å². The largest absolute Gasteiger partial charge is 0.482 e. The zero-order chi connectivity index (χ0) is 13.2. The van der Waals surface area contributed by atoms with Gasteiger partial charge in [-0.3, -0.25) is 0 Å². The molecule has 0 aliphatic carbocycles. The van der Waals surface area contributed by atoms with Crippen LogP contribution in [-0.4, -0.2) is 9.97 Å². The first-order valence-corrected chi connectivity index (χ1v) is 7.59. The molecule has 0 amide bonds. The Morgan fingerprint density at radius 3 is 2.95 bits per heavy atom. The molecule has 0 radical (unpaired) electrons. The quantitative estimate of drug-likeness (QED) is 0.811. The molecule has 3 rings (SSSR count). The summed E-state index contributed by atoms with van der Waals surface area (Å²) in [6.45, 7) is 2.11. The summed E-state index contributed by atoms with van der Waals surface area (Å²) in [4.78, 5) is 9.12. The van der Waals surface area contributed by atoms with Crippen molar-refractivity contribution in [3.8, 4) is 5.75 Å². The summed E-state index contributed by atoms with van der Waals surface area (Å²) in [5.41, 5.74) is 3.49. The number of benzene rings is 1. The highest BCUT2D eigenvalue weighted by Crippen LogP contribution is 2.35. The van der Waals surface area contributed by atoms with Gasteiger partial charge in [0.2, 0.25) is 0 Å². The van der Waals surface area contributed by atoms with Gasteiger partial charge in [0.25, 0.3) is 0 Å². The van der Waals surface area contributed by atoms with Crippen LogP contribution in [0.2, 0.25) is 0 Å². The lowest BCUT2D eigenvalue weighted by Gasteiger charge is -2.11. The predicted octanol–water partition coefficient (Wildman–Crippen LogP) is 3.61. The van der Waals surface area contributed by atoms with E-state index < -0.39 is 0 Å². The number of aromatic nitrogens is 2. The van der Waals surface area contributed by atoms with E-state index in [0.29, 0.717) is 0 Å². The molecule has 0 saturated heterocycles. The lowest BCUT2D eigenvalue weighted by atomic mass is 10.1. The molecule has 0 bridgehead atoms. The zero-order valence-electron chi connectivity index (χ0n) is 10.8. The second-order valence-corrected chi connectivity index (χ2v) is 5.17. The van der Waals surface area contributed by atoms with Gasteiger partial charge in [0, 0.05) is 29.2 Å². The molecule has 1 aromatic carbocycles. The number of hydrogen-bond donors (Lipinski definition) is 0. The van der Waals surface area contributed by atoms with Crippen molar-refractivity contribution in [1.29, 1.82) is 0 Å². The Balaban J connectivity index is 1.89. The maximum atomic E-state index is 5.93. The van der Waals surface area contributed by atoms with Crippen LogP contribution < -0.4 is 4.74 Å². The molecule has 2 aromatic rings. The third-order valence-electron chi connectivity index (χ3n) is 3.39. The molecule has 4 heteroatoms. The Bertz CT molecular complexity index is 575. The predicted molar refractivity (Wildman–Crippen MR) is 77.6 cm³/mol. The molecule has 0 spiro atoms. The van der Waals surface area contributed by atoms with Crippen LogP contribution in [0.15, 0.2) is 30.5 Å². The first-order chi connectivity index (χ1) is 9.31. The number of nitrogens with zero attached hydrogens (tertiary/aromatic N) is 2. The summed E-state index contributed by atoms with van der Waals surface area (Å²) >= 11 is 3.47. The van der Waals surface area contributed by atoms with Crippen LogP contribution in [0.4, 0.5) is 0 Å². The van der Waals surface area contributed by atoms with E-state index >= 15 is 0 Å². The van der Waals surface area contributed by atoms with Gasteiger partial charge in [-0.25, -0.2) is 9.97 Å². The summed E-state index contributed by atoms with van der Waals surface area (Å²) in [5, 5.41) is 0.794. The fraction of sp³-hybridized carbons (Fsp3) is 0.333. The van der Waals surface area contributed by atoms with E-state index in [0.717, 1.165) is 41.0 Å². The van der Waals surface area contributed by atoms with Crippen molar-refractivity contribution >= 4 is 15.9 Å². The normalized spacial score (nSPS) is 17.1. The molecule has 19 heavy (non-hydrogen) atoms. The first kappa shape index (κ1) is 12.6. The van der Waals surface area contributed by atoms with E-state index in [4.69, 9.17) is 4.74 Å². The van der Waals surface area contributed by atoms with Crippen LogP contribution in [0, 0.1) is 0 Å². The lowest BCUT2D eigenvalue weighted by Crippen LogP contribution is -2.11. The van der Waals surface area contributed by atoms with Gasteiger partial charge in [-0.05, 0) is 18.1 Å². The van der Waals surface area contributed by atoms with Crippen LogP contribution in [0.5, 0.6) is 5.75 Å². The van der Waals surface area contributed by atoms with Crippen molar-refractivity contribution in [2.24, 2.45) is 0 Å². The van der Waals surface area contributed by atoms with E-state index in [1.54, 1.807) is 0 Å². The Morgan fingerprint density at radius 1 is 1.37 bits per heavy atom. The lowest BCUT2D eigenvalue weighted by molar-refractivity contribution is 0.227. The van der Waals surface area contributed by atoms with Crippen LogP contribution in [0.1, 0.15) is 35.7 Å². The molecular weight excluding hydrogens is 304 g/mol. The number of alkyl halides is 1. The minimum Gasteiger partial charge on any atom is -0.482 e. The molecule has 2 heterocycles. The molecular formula is C15H15BrN2O. The average Bonchev–Trinajstić information content (AvgIpc) is 2.90. The maximum absolute atomic E-state index is 5.93. The number of aryl methyl sites for hydroxylation is 1. The molecule has 98 valence electrons. The average molecular weight is 319 g/mol. The van der Waals surface area contributed by atoms with Gasteiger partial charge in [-0.1, -0.05) is 41.1 Å². The summed E-state index contributed by atoms with van der Waals surface area (Å²) in [5.74, 6) is 1.75. The molecule has 1 aliphatic rings. The Kier molecular flexibility index (Phi) is 3.51. The number of hydrogen-bond acceptors (Lipinski definition) is 3. The van der Waals surface area contributed by atoms with E-state index in [-0.39, 0.29) is 6.10 Å². The van der Waals surface area contributed by atoms with Gasteiger partial charge in [0.1, 0.15) is 5.75 Å². The van der Waals surface area contributed by atoms with Crippen LogP contribution >= 0.6 is 15.9 Å². The highest BCUT2D eigenvalue weighted by Gasteiger charge is 2.26. The fourth-order valence-electron chi connectivity index (χ4n) is 2.36.